The predicted octanol–water partition coefficient (Wildman–Crippen LogP) is 3.95. The van der Waals surface area contributed by atoms with Crippen molar-refractivity contribution in [1.29, 1.82) is 0 Å². The largest absolute Gasteiger partial charge is 0.490 e. The number of hydrogen-bond acceptors (Lipinski definition) is 3. The lowest BCUT2D eigenvalue weighted by atomic mass is 9.94. The molecule has 0 spiro atoms. The summed E-state index contributed by atoms with van der Waals surface area (Å²) in [5.74, 6) is 0.187. The Bertz CT molecular complexity index is 800. The number of halogens is 1. The van der Waals surface area contributed by atoms with Crippen molar-refractivity contribution in [3.63, 3.8) is 0 Å². The number of rotatable bonds is 2. The molecule has 0 saturated carbocycles. The number of amides is 2. The van der Waals surface area contributed by atoms with Gasteiger partial charge in [0.15, 0.2) is 0 Å². The average Bonchev–Trinajstić information content (AvgIpc) is 2.65. The van der Waals surface area contributed by atoms with E-state index in [1.807, 2.05) is 13.8 Å². The molecule has 3 rings (SSSR count). The van der Waals surface area contributed by atoms with E-state index in [9.17, 15) is 9.59 Å². The molecular weight excluding hydrogens is 328 g/mol. The third-order valence-electron chi connectivity index (χ3n) is 3.80. The van der Waals surface area contributed by atoms with Crippen LogP contribution in [-0.2, 0) is 4.79 Å². The Morgan fingerprint density at radius 2 is 1.92 bits per heavy atom. The van der Waals surface area contributed by atoms with Crippen LogP contribution in [-0.4, -0.2) is 18.4 Å². The first kappa shape index (κ1) is 16.3. The second kappa shape index (κ2) is 6.17. The van der Waals surface area contributed by atoms with Gasteiger partial charge in [-0.2, -0.15) is 0 Å². The van der Waals surface area contributed by atoms with Crippen LogP contribution < -0.4 is 15.4 Å². The molecular formula is C18H17ClN2O3. The summed E-state index contributed by atoms with van der Waals surface area (Å²) in [5.41, 5.74) is 1.06. The van der Waals surface area contributed by atoms with E-state index in [0.717, 1.165) is 0 Å². The summed E-state index contributed by atoms with van der Waals surface area (Å²) in [4.78, 5) is 24.4. The molecule has 2 aromatic rings. The lowest BCUT2D eigenvalue weighted by Crippen LogP contribution is -2.33. The van der Waals surface area contributed by atoms with Gasteiger partial charge in [0.25, 0.3) is 5.91 Å². The second-order valence-electron chi connectivity index (χ2n) is 6.30. The molecule has 0 radical (unpaired) electrons. The zero-order valence-electron chi connectivity index (χ0n) is 13.4. The molecule has 2 aromatic carbocycles. The van der Waals surface area contributed by atoms with E-state index in [4.69, 9.17) is 16.3 Å². The number of ether oxygens (including phenoxy) is 1. The molecule has 124 valence electrons. The molecule has 1 aliphatic rings. The molecule has 1 heterocycles. The topological polar surface area (TPSA) is 67.4 Å². The first-order valence-electron chi connectivity index (χ1n) is 7.50. The van der Waals surface area contributed by atoms with Gasteiger partial charge in [-0.15, -0.1) is 0 Å². The van der Waals surface area contributed by atoms with Crippen molar-refractivity contribution in [3.8, 4) is 5.75 Å². The molecule has 0 aromatic heterocycles. The van der Waals surface area contributed by atoms with Gasteiger partial charge in [-0.1, -0.05) is 11.6 Å². The monoisotopic (exact) mass is 344 g/mol. The highest BCUT2D eigenvalue weighted by atomic mass is 35.5. The normalized spacial score (nSPS) is 15.5. The van der Waals surface area contributed by atoms with E-state index in [-0.39, 0.29) is 18.4 Å². The van der Waals surface area contributed by atoms with Crippen LogP contribution in [0.15, 0.2) is 42.5 Å². The molecule has 0 bridgehead atoms. The first-order chi connectivity index (χ1) is 11.3. The van der Waals surface area contributed by atoms with Crippen molar-refractivity contribution >= 4 is 34.8 Å². The van der Waals surface area contributed by atoms with E-state index in [0.29, 0.717) is 27.7 Å². The molecule has 24 heavy (non-hydrogen) atoms. The van der Waals surface area contributed by atoms with Crippen molar-refractivity contribution in [2.24, 2.45) is 5.41 Å². The quantitative estimate of drug-likeness (QED) is 0.866. The number of anilines is 2. The number of benzene rings is 2. The Hall–Kier alpha value is -2.53. The van der Waals surface area contributed by atoms with Gasteiger partial charge in [-0.05, 0) is 50.2 Å². The zero-order valence-corrected chi connectivity index (χ0v) is 14.1. The van der Waals surface area contributed by atoms with Crippen LogP contribution >= 0.6 is 11.6 Å². The minimum atomic E-state index is -0.619. The van der Waals surface area contributed by atoms with E-state index in [2.05, 4.69) is 10.6 Å². The van der Waals surface area contributed by atoms with Crippen LogP contribution in [0.3, 0.4) is 0 Å². The van der Waals surface area contributed by atoms with Gasteiger partial charge in [-0.25, -0.2) is 0 Å². The van der Waals surface area contributed by atoms with E-state index >= 15 is 0 Å². The van der Waals surface area contributed by atoms with Crippen LogP contribution in [0.1, 0.15) is 24.2 Å². The van der Waals surface area contributed by atoms with Crippen LogP contribution in [0.2, 0.25) is 5.02 Å². The molecule has 1 aliphatic heterocycles. The van der Waals surface area contributed by atoms with Gasteiger partial charge in [-0.3, -0.25) is 9.59 Å². The Labute approximate surface area is 145 Å². The number of fused-ring (bicyclic) bond motifs is 1. The van der Waals surface area contributed by atoms with Crippen LogP contribution in [0.4, 0.5) is 11.4 Å². The number of carbonyl (C=O) groups is 2. The summed E-state index contributed by atoms with van der Waals surface area (Å²) in [7, 11) is 0. The lowest BCUT2D eigenvalue weighted by molar-refractivity contribution is -0.124. The van der Waals surface area contributed by atoms with Crippen LogP contribution in [0, 0.1) is 5.41 Å². The van der Waals surface area contributed by atoms with Crippen LogP contribution in [0.5, 0.6) is 5.75 Å². The third kappa shape index (κ3) is 3.36. The zero-order chi connectivity index (χ0) is 17.3. The van der Waals surface area contributed by atoms with Crippen molar-refractivity contribution in [1.82, 2.24) is 0 Å². The fourth-order valence-corrected chi connectivity index (χ4v) is 2.37. The van der Waals surface area contributed by atoms with Crippen molar-refractivity contribution < 1.29 is 14.3 Å². The van der Waals surface area contributed by atoms with Gasteiger partial charge in [0, 0.05) is 22.3 Å². The third-order valence-corrected chi connectivity index (χ3v) is 4.05. The summed E-state index contributed by atoms with van der Waals surface area (Å²) >= 11 is 5.82. The van der Waals surface area contributed by atoms with Gasteiger partial charge < -0.3 is 15.4 Å². The minimum Gasteiger partial charge on any atom is -0.490 e. The Morgan fingerprint density at radius 3 is 2.62 bits per heavy atom. The lowest BCUT2D eigenvalue weighted by Gasteiger charge is -2.18. The van der Waals surface area contributed by atoms with E-state index in [1.54, 1.807) is 42.5 Å². The molecule has 0 saturated heterocycles. The molecule has 6 heteroatoms. The van der Waals surface area contributed by atoms with Gasteiger partial charge >= 0.3 is 0 Å². The molecule has 2 amide bonds. The molecule has 0 unspecified atom stereocenters. The Morgan fingerprint density at radius 1 is 1.21 bits per heavy atom. The minimum absolute atomic E-state index is 0.0980. The highest BCUT2D eigenvalue weighted by Crippen LogP contribution is 2.34. The van der Waals surface area contributed by atoms with Crippen LogP contribution in [0.25, 0.3) is 0 Å². The second-order valence-corrected chi connectivity index (χ2v) is 6.74. The van der Waals surface area contributed by atoms with Crippen molar-refractivity contribution in [3.05, 3.63) is 53.1 Å². The molecule has 2 N–H and O–H groups in total. The summed E-state index contributed by atoms with van der Waals surface area (Å²) in [6.45, 7) is 3.90. The summed E-state index contributed by atoms with van der Waals surface area (Å²) in [6.07, 6.45) is 0. The number of nitrogens with one attached hydrogen (secondary N) is 2. The smallest absolute Gasteiger partial charge is 0.255 e. The molecule has 0 aliphatic carbocycles. The Kier molecular flexibility index (Phi) is 4.20. The van der Waals surface area contributed by atoms with Gasteiger partial charge in [0.1, 0.15) is 12.4 Å². The van der Waals surface area contributed by atoms with Gasteiger partial charge in [0.05, 0.1) is 11.1 Å². The molecule has 0 atom stereocenters. The fourth-order valence-electron chi connectivity index (χ4n) is 2.24. The average molecular weight is 345 g/mol. The summed E-state index contributed by atoms with van der Waals surface area (Å²) in [6, 6.07) is 11.8. The maximum Gasteiger partial charge on any atom is 0.255 e. The number of carbonyl (C=O) groups excluding carboxylic acids is 2. The maximum absolute atomic E-state index is 12.3. The highest BCUT2D eigenvalue weighted by Gasteiger charge is 2.32. The van der Waals surface area contributed by atoms with Gasteiger partial charge in [0.2, 0.25) is 5.91 Å². The standard InChI is InChI=1S/C18H17ClN2O3/c1-18(2)10-24-15-9-13(7-8-14(15)21-17(18)23)20-16(22)11-3-5-12(19)6-4-11/h3-9H,10H2,1-2H3,(H,20,22)(H,21,23). The summed E-state index contributed by atoms with van der Waals surface area (Å²) in [5, 5.41) is 6.22. The maximum atomic E-state index is 12.3. The molecule has 0 fully saturated rings. The first-order valence-corrected chi connectivity index (χ1v) is 7.88. The van der Waals surface area contributed by atoms with E-state index < -0.39 is 5.41 Å². The Balaban J connectivity index is 1.80. The molecule has 5 nitrogen and oxygen atoms in total. The highest BCUT2D eigenvalue weighted by molar-refractivity contribution is 6.30. The van der Waals surface area contributed by atoms with E-state index in [1.165, 1.54) is 0 Å². The number of hydrogen-bond donors (Lipinski definition) is 2. The van der Waals surface area contributed by atoms with Crippen molar-refractivity contribution in [2.45, 2.75) is 13.8 Å². The summed E-state index contributed by atoms with van der Waals surface area (Å²) < 4.78 is 5.73. The van der Waals surface area contributed by atoms with Crippen molar-refractivity contribution in [2.75, 3.05) is 17.2 Å². The SMILES string of the molecule is CC1(C)COc2cc(NC(=O)c3ccc(Cl)cc3)ccc2NC1=O. The predicted molar refractivity (Wildman–Crippen MR) is 93.8 cm³/mol. The fraction of sp³-hybridized carbons (Fsp3) is 0.222.